The molecule has 0 unspecified atom stereocenters. The summed E-state index contributed by atoms with van der Waals surface area (Å²) in [6.45, 7) is 3.19. The third-order valence-electron chi connectivity index (χ3n) is 5.27. The smallest absolute Gasteiger partial charge is 0.417 e. The van der Waals surface area contributed by atoms with Gasteiger partial charge >= 0.3 is 6.18 Å². The van der Waals surface area contributed by atoms with Crippen molar-refractivity contribution in [3.8, 4) is 40.7 Å². The van der Waals surface area contributed by atoms with Crippen LogP contribution in [-0.4, -0.2) is 9.97 Å². The number of aromatic nitrogens is 2. The van der Waals surface area contributed by atoms with E-state index in [2.05, 4.69) is 9.97 Å². The van der Waals surface area contributed by atoms with Gasteiger partial charge in [-0.3, -0.25) is 0 Å². The molecule has 0 fully saturated rings. The third kappa shape index (κ3) is 4.22. The number of aryl methyl sites for hydroxylation is 1. The van der Waals surface area contributed by atoms with Crippen molar-refractivity contribution in [3.63, 3.8) is 0 Å². The molecular weight excluding hydrogens is 471 g/mol. The zero-order valence-corrected chi connectivity index (χ0v) is 18.8. The Labute approximate surface area is 201 Å². The van der Waals surface area contributed by atoms with Gasteiger partial charge in [-0.1, -0.05) is 42.5 Å². The molecule has 0 aliphatic rings. The maximum Gasteiger partial charge on any atom is 0.417 e. The Hall–Kier alpha value is -5.14. The van der Waals surface area contributed by atoms with E-state index in [1.807, 2.05) is 6.07 Å². The van der Waals surface area contributed by atoms with Crippen molar-refractivity contribution in [2.24, 2.45) is 0 Å². The first kappa shape index (κ1) is 24.0. The fourth-order valence-corrected chi connectivity index (χ4v) is 3.52. The van der Waals surface area contributed by atoms with E-state index in [0.717, 1.165) is 11.6 Å². The van der Waals surface area contributed by atoms with Crippen molar-refractivity contribution < 1.29 is 22.0 Å². The van der Waals surface area contributed by atoms with Crippen LogP contribution in [0.5, 0.6) is 0 Å². The lowest BCUT2D eigenvalue weighted by Gasteiger charge is -2.10. The van der Waals surface area contributed by atoms with E-state index in [1.54, 1.807) is 43.3 Å². The molecule has 0 saturated carbocycles. The molecule has 7 nitrogen and oxygen atoms in total. The van der Waals surface area contributed by atoms with E-state index >= 15 is 0 Å². The monoisotopic (exact) mass is 485 g/mol. The van der Waals surface area contributed by atoms with Crippen LogP contribution < -0.4 is 11.1 Å². The molecule has 0 saturated heterocycles. The fourth-order valence-electron chi connectivity index (χ4n) is 3.52. The van der Waals surface area contributed by atoms with Gasteiger partial charge in [0.25, 0.3) is 0 Å². The van der Waals surface area contributed by atoms with Crippen LogP contribution in [0.15, 0.2) is 57.4 Å². The van der Waals surface area contributed by atoms with E-state index in [9.17, 15) is 29.0 Å². The Balaban J connectivity index is 2.33. The molecule has 176 valence electrons. The first-order chi connectivity index (χ1) is 17.2. The zero-order chi connectivity index (χ0) is 26.0. The predicted molar refractivity (Wildman–Crippen MR) is 120 cm³/mol. The largest absolute Gasteiger partial charge is 0.432 e. The van der Waals surface area contributed by atoms with E-state index in [1.165, 1.54) is 25.1 Å². The van der Waals surface area contributed by atoms with Gasteiger partial charge in [-0.15, -0.1) is 0 Å². The van der Waals surface area contributed by atoms with Crippen molar-refractivity contribution in [3.05, 3.63) is 81.6 Å². The maximum atomic E-state index is 13.9. The van der Waals surface area contributed by atoms with Crippen LogP contribution in [0.3, 0.4) is 0 Å². The van der Waals surface area contributed by atoms with Gasteiger partial charge in [-0.25, -0.2) is 9.97 Å². The van der Waals surface area contributed by atoms with Crippen molar-refractivity contribution >= 4 is 11.1 Å². The van der Waals surface area contributed by atoms with E-state index in [4.69, 9.17) is 8.83 Å². The Morgan fingerprint density at radius 1 is 0.778 bits per heavy atom. The minimum atomic E-state index is -4.71. The molecule has 0 radical (unpaired) electrons. The van der Waals surface area contributed by atoms with Gasteiger partial charge in [0, 0.05) is 11.1 Å². The number of halogens is 3. The number of rotatable bonds is 2. The molecule has 4 aromatic rings. The van der Waals surface area contributed by atoms with Gasteiger partial charge in [0.2, 0.25) is 21.9 Å². The van der Waals surface area contributed by atoms with E-state index in [0.29, 0.717) is 5.56 Å². The topological polar surface area (TPSA) is 123 Å². The van der Waals surface area contributed by atoms with E-state index < -0.39 is 17.3 Å². The van der Waals surface area contributed by atoms with Gasteiger partial charge in [-0.05, 0) is 25.5 Å². The standard InChI is InChI=1S/C26H14F3N5O2/c1-14-7-3-4-8-17(14)20-22(36-25(34-20)16(12-31)13-32)23-21(33-24(35-23)15(2)11-30)18-9-5-6-10-19(18)26(27,28)29/h3-10H,1-2H3/b23-22+,24-15-. The van der Waals surface area contributed by atoms with Gasteiger partial charge in [-0.2, -0.15) is 29.0 Å². The molecule has 36 heavy (non-hydrogen) atoms. The van der Waals surface area contributed by atoms with Crippen molar-refractivity contribution in [2.75, 3.05) is 0 Å². The summed E-state index contributed by atoms with van der Waals surface area (Å²) in [6, 6.07) is 17.0. The first-order valence-corrected chi connectivity index (χ1v) is 10.4. The summed E-state index contributed by atoms with van der Waals surface area (Å²) in [6.07, 6.45) is -4.71. The Morgan fingerprint density at radius 3 is 1.89 bits per heavy atom. The first-order valence-electron chi connectivity index (χ1n) is 10.4. The molecule has 2 heterocycles. The summed E-state index contributed by atoms with van der Waals surface area (Å²) in [4.78, 5) is 8.51. The average molecular weight is 485 g/mol. The molecule has 2 aromatic heterocycles. The number of alkyl halides is 3. The average Bonchev–Trinajstić information content (AvgIpc) is 3.49. The second-order valence-electron chi connectivity index (χ2n) is 7.59. The van der Waals surface area contributed by atoms with Crippen molar-refractivity contribution in [1.82, 2.24) is 9.97 Å². The third-order valence-corrected chi connectivity index (χ3v) is 5.27. The van der Waals surface area contributed by atoms with Crippen LogP contribution >= 0.6 is 0 Å². The molecule has 10 heteroatoms. The van der Waals surface area contributed by atoms with Crippen LogP contribution in [0.2, 0.25) is 0 Å². The van der Waals surface area contributed by atoms with Crippen LogP contribution in [0.4, 0.5) is 13.2 Å². The second kappa shape index (κ2) is 9.25. The lowest BCUT2D eigenvalue weighted by molar-refractivity contribution is -0.137. The molecule has 0 spiro atoms. The highest BCUT2D eigenvalue weighted by Crippen LogP contribution is 2.37. The summed E-state index contributed by atoms with van der Waals surface area (Å²) in [5, 5.41) is 28.0. The fraction of sp³-hybridized carbons (Fsp3) is 0.115. The summed E-state index contributed by atoms with van der Waals surface area (Å²) in [5.41, 5.74) is -1.44. The number of hydrogen-bond acceptors (Lipinski definition) is 7. The number of nitrogens with zero attached hydrogens (tertiary/aromatic N) is 5. The maximum absolute atomic E-state index is 13.9. The summed E-state index contributed by atoms with van der Waals surface area (Å²) in [5.74, 6) is 0. The number of benzene rings is 2. The van der Waals surface area contributed by atoms with Gasteiger partial charge < -0.3 is 8.83 Å². The highest BCUT2D eigenvalue weighted by atomic mass is 19.4. The number of hydrogen-bond donors (Lipinski definition) is 0. The van der Waals surface area contributed by atoms with Crippen molar-refractivity contribution in [2.45, 2.75) is 20.0 Å². The molecule has 0 amide bonds. The molecular formula is C26H14F3N5O2. The predicted octanol–water partition coefficient (Wildman–Crippen LogP) is 4.50. The Morgan fingerprint density at radius 2 is 1.31 bits per heavy atom. The highest BCUT2D eigenvalue weighted by Gasteiger charge is 2.34. The van der Waals surface area contributed by atoms with Gasteiger partial charge in [0.15, 0.2) is 5.57 Å². The van der Waals surface area contributed by atoms with Gasteiger partial charge in [0.05, 0.1) is 11.1 Å². The quantitative estimate of drug-likeness (QED) is 0.409. The lowest BCUT2D eigenvalue weighted by Crippen LogP contribution is -2.08. The Bertz CT molecular complexity index is 1830. The van der Waals surface area contributed by atoms with Crippen molar-refractivity contribution in [1.29, 1.82) is 15.8 Å². The van der Waals surface area contributed by atoms with Crippen LogP contribution in [-0.2, 0) is 6.18 Å². The summed E-state index contributed by atoms with van der Waals surface area (Å²) < 4.78 is 53.2. The molecule has 0 atom stereocenters. The number of oxazole rings is 2. The van der Waals surface area contributed by atoms with Gasteiger partial charge in [0.1, 0.15) is 29.6 Å². The van der Waals surface area contributed by atoms with Crippen LogP contribution in [0, 0.1) is 51.7 Å². The summed E-state index contributed by atoms with van der Waals surface area (Å²) in [7, 11) is 0. The molecule has 0 aliphatic carbocycles. The molecule has 0 aliphatic heterocycles. The minimum absolute atomic E-state index is 0.0190. The lowest BCUT2D eigenvalue weighted by atomic mass is 10.0. The molecule has 2 aromatic carbocycles. The molecule has 0 bridgehead atoms. The van der Waals surface area contributed by atoms with Crippen LogP contribution in [0.1, 0.15) is 18.1 Å². The van der Waals surface area contributed by atoms with E-state index in [-0.39, 0.29) is 44.4 Å². The highest BCUT2D eigenvalue weighted by molar-refractivity contribution is 5.72. The summed E-state index contributed by atoms with van der Waals surface area (Å²) >= 11 is 0. The van der Waals surface area contributed by atoms with Crippen LogP contribution in [0.25, 0.3) is 33.7 Å². The number of nitriles is 3. The normalized spacial score (nSPS) is 12.8. The second-order valence-corrected chi connectivity index (χ2v) is 7.59. The SMILES string of the molecule is C/C(C#N)=c1\nc(-c2ccccc2C(F)(F)F)/c(=c2\oc(=C(C#N)C#N)nc2-c2ccccc2C)o1. The minimum Gasteiger partial charge on any atom is -0.432 e. The molecule has 4 rings (SSSR count). The molecule has 0 N–H and O–H groups in total. The Kier molecular flexibility index (Phi) is 6.16. The zero-order valence-electron chi connectivity index (χ0n) is 18.8.